The Morgan fingerprint density at radius 2 is 1.90 bits per heavy atom. The van der Waals surface area contributed by atoms with E-state index in [0.717, 1.165) is 5.92 Å². The molecule has 0 bridgehead atoms. The summed E-state index contributed by atoms with van der Waals surface area (Å²) in [6.45, 7) is 0. The standard InChI is InChI=1S/C9H13N/c10-7-9(5-2-6-9)8-3-1-4-8/h8H,1-6H2. The molecule has 2 aliphatic rings. The smallest absolute Gasteiger partial charge is 0.0692 e. The third kappa shape index (κ3) is 0.624. The van der Waals surface area contributed by atoms with Gasteiger partial charge in [-0.1, -0.05) is 12.8 Å². The van der Waals surface area contributed by atoms with Crippen LogP contribution in [-0.4, -0.2) is 0 Å². The summed E-state index contributed by atoms with van der Waals surface area (Å²) in [5, 5.41) is 8.92. The van der Waals surface area contributed by atoms with Gasteiger partial charge in [0.2, 0.25) is 0 Å². The molecule has 54 valence electrons. The van der Waals surface area contributed by atoms with Crippen LogP contribution in [-0.2, 0) is 0 Å². The number of nitriles is 1. The third-order valence-electron chi connectivity index (χ3n) is 3.36. The number of nitrogens with zero attached hydrogens (tertiary/aromatic N) is 1. The average molecular weight is 135 g/mol. The summed E-state index contributed by atoms with van der Waals surface area (Å²) in [5.41, 5.74) is 0.165. The second kappa shape index (κ2) is 1.99. The number of hydrogen-bond acceptors (Lipinski definition) is 1. The summed E-state index contributed by atoms with van der Waals surface area (Å²) in [4.78, 5) is 0. The van der Waals surface area contributed by atoms with E-state index < -0.39 is 0 Å². The van der Waals surface area contributed by atoms with Crippen LogP contribution in [0.15, 0.2) is 0 Å². The van der Waals surface area contributed by atoms with Gasteiger partial charge in [0.05, 0.1) is 11.5 Å². The molecule has 10 heavy (non-hydrogen) atoms. The van der Waals surface area contributed by atoms with Crippen LogP contribution in [0.3, 0.4) is 0 Å². The molecule has 0 heterocycles. The molecule has 1 nitrogen and oxygen atoms in total. The molecule has 0 radical (unpaired) electrons. The van der Waals surface area contributed by atoms with Crippen molar-refractivity contribution >= 4 is 0 Å². The zero-order valence-corrected chi connectivity index (χ0v) is 6.27. The Labute approximate surface area is 62.0 Å². The summed E-state index contributed by atoms with van der Waals surface area (Å²) in [6.07, 6.45) is 7.70. The monoisotopic (exact) mass is 135 g/mol. The van der Waals surface area contributed by atoms with E-state index in [4.69, 9.17) is 5.26 Å². The van der Waals surface area contributed by atoms with Crippen molar-refractivity contribution in [1.82, 2.24) is 0 Å². The Kier molecular flexibility index (Phi) is 1.23. The van der Waals surface area contributed by atoms with Crippen molar-refractivity contribution in [1.29, 1.82) is 5.26 Å². The number of hydrogen-bond donors (Lipinski definition) is 0. The molecule has 0 atom stereocenters. The molecule has 0 aromatic carbocycles. The molecule has 0 unspecified atom stereocenters. The lowest BCUT2D eigenvalue weighted by Gasteiger charge is -2.46. The molecule has 2 aliphatic carbocycles. The molecule has 0 aromatic rings. The van der Waals surface area contributed by atoms with Crippen molar-refractivity contribution in [3.8, 4) is 6.07 Å². The molecule has 0 spiro atoms. The van der Waals surface area contributed by atoms with Crippen LogP contribution in [0, 0.1) is 22.7 Å². The van der Waals surface area contributed by atoms with Crippen LogP contribution in [0.5, 0.6) is 0 Å². The highest BCUT2D eigenvalue weighted by molar-refractivity contribution is 5.09. The van der Waals surface area contributed by atoms with E-state index in [2.05, 4.69) is 6.07 Å². The van der Waals surface area contributed by atoms with Gasteiger partial charge in [-0.3, -0.25) is 0 Å². The van der Waals surface area contributed by atoms with Gasteiger partial charge in [-0.25, -0.2) is 0 Å². The van der Waals surface area contributed by atoms with E-state index in [1.807, 2.05) is 0 Å². The van der Waals surface area contributed by atoms with Gasteiger partial charge in [0.25, 0.3) is 0 Å². The number of rotatable bonds is 1. The van der Waals surface area contributed by atoms with E-state index in [1.54, 1.807) is 0 Å². The highest BCUT2D eigenvalue weighted by Crippen LogP contribution is 2.53. The normalized spacial score (nSPS) is 29.9. The predicted molar refractivity (Wildman–Crippen MR) is 39.2 cm³/mol. The Morgan fingerprint density at radius 1 is 1.20 bits per heavy atom. The topological polar surface area (TPSA) is 23.8 Å². The molecular formula is C9H13N. The zero-order valence-electron chi connectivity index (χ0n) is 6.27. The van der Waals surface area contributed by atoms with Gasteiger partial charge in [0.15, 0.2) is 0 Å². The lowest BCUT2D eigenvalue weighted by molar-refractivity contribution is 0.0588. The van der Waals surface area contributed by atoms with E-state index in [0.29, 0.717) is 0 Å². The Morgan fingerprint density at radius 3 is 2.00 bits per heavy atom. The van der Waals surface area contributed by atoms with Crippen LogP contribution in [0.2, 0.25) is 0 Å². The summed E-state index contributed by atoms with van der Waals surface area (Å²) in [7, 11) is 0. The summed E-state index contributed by atoms with van der Waals surface area (Å²) in [6, 6.07) is 2.52. The molecule has 2 rings (SSSR count). The van der Waals surface area contributed by atoms with Crippen molar-refractivity contribution in [2.75, 3.05) is 0 Å². The second-order valence-electron chi connectivity index (χ2n) is 3.75. The van der Waals surface area contributed by atoms with Gasteiger partial charge in [-0.2, -0.15) is 5.26 Å². The van der Waals surface area contributed by atoms with Crippen molar-refractivity contribution in [2.45, 2.75) is 38.5 Å². The minimum Gasteiger partial charge on any atom is -0.198 e. The van der Waals surface area contributed by atoms with Gasteiger partial charge in [0.1, 0.15) is 0 Å². The molecule has 0 N–H and O–H groups in total. The highest BCUT2D eigenvalue weighted by Gasteiger charge is 2.46. The van der Waals surface area contributed by atoms with Crippen molar-refractivity contribution in [3.05, 3.63) is 0 Å². The van der Waals surface area contributed by atoms with Crippen molar-refractivity contribution < 1.29 is 0 Å². The van der Waals surface area contributed by atoms with Crippen LogP contribution in [0.4, 0.5) is 0 Å². The van der Waals surface area contributed by atoms with E-state index >= 15 is 0 Å². The summed E-state index contributed by atoms with van der Waals surface area (Å²) >= 11 is 0. The maximum Gasteiger partial charge on any atom is 0.0692 e. The van der Waals surface area contributed by atoms with Gasteiger partial charge in [0, 0.05) is 0 Å². The van der Waals surface area contributed by atoms with E-state index in [9.17, 15) is 0 Å². The first kappa shape index (κ1) is 6.22. The first-order valence-corrected chi connectivity index (χ1v) is 4.29. The minimum atomic E-state index is 0.165. The molecule has 2 saturated carbocycles. The van der Waals surface area contributed by atoms with Gasteiger partial charge in [-0.15, -0.1) is 0 Å². The lowest BCUT2D eigenvalue weighted by atomic mass is 9.56. The summed E-state index contributed by atoms with van der Waals surface area (Å²) in [5.74, 6) is 0.784. The SMILES string of the molecule is N#CC1(C2CCC2)CCC1. The average Bonchev–Trinajstić information content (AvgIpc) is 1.73. The minimum absolute atomic E-state index is 0.165. The van der Waals surface area contributed by atoms with Crippen molar-refractivity contribution in [3.63, 3.8) is 0 Å². The molecule has 0 aromatic heterocycles. The van der Waals surface area contributed by atoms with Crippen molar-refractivity contribution in [2.24, 2.45) is 11.3 Å². The Bertz CT molecular complexity index is 170. The van der Waals surface area contributed by atoms with Crippen LogP contribution < -0.4 is 0 Å². The van der Waals surface area contributed by atoms with E-state index in [-0.39, 0.29) is 5.41 Å². The van der Waals surface area contributed by atoms with Crippen LogP contribution in [0.25, 0.3) is 0 Å². The molecule has 0 aliphatic heterocycles. The highest BCUT2D eigenvalue weighted by atomic mass is 14.5. The largest absolute Gasteiger partial charge is 0.198 e. The van der Waals surface area contributed by atoms with Crippen LogP contribution in [0.1, 0.15) is 38.5 Å². The Balaban J connectivity index is 2.05. The molecular weight excluding hydrogens is 122 g/mol. The molecule has 2 fully saturated rings. The fourth-order valence-electron chi connectivity index (χ4n) is 2.13. The zero-order chi connectivity index (χ0) is 7.03. The molecule has 0 amide bonds. The van der Waals surface area contributed by atoms with Gasteiger partial charge in [-0.05, 0) is 31.6 Å². The first-order valence-electron chi connectivity index (χ1n) is 4.29. The van der Waals surface area contributed by atoms with Gasteiger partial charge >= 0.3 is 0 Å². The molecule has 0 saturated heterocycles. The van der Waals surface area contributed by atoms with Gasteiger partial charge < -0.3 is 0 Å². The maximum atomic E-state index is 8.92. The predicted octanol–water partition coefficient (Wildman–Crippen LogP) is 2.48. The second-order valence-corrected chi connectivity index (χ2v) is 3.75. The quantitative estimate of drug-likeness (QED) is 0.542. The molecule has 1 heteroatoms. The lowest BCUT2D eigenvalue weighted by Crippen LogP contribution is -2.39. The third-order valence-corrected chi connectivity index (χ3v) is 3.36. The first-order chi connectivity index (χ1) is 4.87. The van der Waals surface area contributed by atoms with E-state index in [1.165, 1.54) is 38.5 Å². The Hall–Kier alpha value is -0.510. The maximum absolute atomic E-state index is 8.92. The summed E-state index contributed by atoms with van der Waals surface area (Å²) < 4.78 is 0. The fraction of sp³-hybridized carbons (Fsp3) is 0.889. The fourth-order valence-corrected chi connectivity index (χ4v) is 2.13. The van der Waals surface area contributed by atoms with Crippen LogP contribution >= 0.6 is 0 Å².